The third kappa shape index (κ3) is 3.82. The van der Waals surface area contributed by atoms with Crippen molar-refractivity contribution in [2.45, 2.75) is 43.9 Å². The molecule has 0 atom stereocenters. The number of hydrazone groups is 1. The number of allylic oxidation sites excluding steroid dienone is 1. The summed E-state index contributed by atoms with van der Waals surface area (Å²) in [5.41, 5.74) is 5.42. The number of aromatic amines is 1. The van der Waals surface area contributed by atoms with Crippen LogP contribution in [0.4, 0.5) is 0 Å². The van der Waals surface area contributed by atoms with Crippen molar-refractivity contribution in [2.75, 3.05) is 0 Å². The third-order valence-electron chi connectivity index (χ3n) is 6.88. The molecule has 1 aromatic carbocycles. The lowest BCUT2D eigenvalue weighted by atomic mass is 9.49. The van der Waals surface area contributed by atoms with Gasteiger partial charge in [-0.2, -0.15) is 10.2 Å². The van der Waals surface area contributed by atoms with E-state index in [-0.39, 0.29) is 11.3 Å². The SMILES string of the molecule is O=C(N/N=C\C(Br)=C\c1ccccc1)c1cc(C23CC4CC(CC(C4)C2)C3)[nH]n1. The maximum atomic E-state index is 12.5. The van der Waals surface area contributed by atoms with E-state index in [2.05, 4.69) is 36.7 Å². The van der Waals surface area contributed by atoms with Crippen molar-refractivity contribution >= 4 is 34.1 Å². The monoisotopic (exact) mass is 452 g/mol. The minimum absolute atomic E-state index is 0.213. The minimum Gasteiger partial charge on any atom is -0.281 e. The van der Waals surface area contributed by atoms with E-state index in [1.165, 1.54) is 38.5 Å². The van der Waals surface area contributed by atoms with Crippen molar-refractivity contribution < 1.29 is 4.79 Å². The van der Waals surface area contributed by atoms with Gasteiger partial charge >= 0.3 is 0 Å². The van der Waals surface area contributed by atoms with E-state index in [9.17, 15) is 4.79 Å². The maximum absolute atomic E-state index is 12.5. The second kappa shape index (κ2) is 7.56. The lowest BCUT2D eigenvalue weighted by molar-refractivity contribution is -0.00721. The molecule has 4 aliphatic carbocycles. The number of hydrogen-bond donors (Lipinski definition) is 2. The van der Waals surface area contributed by atoms with Gasteiger partial charge in [-0.25, -0.2) is 5.43 Å². The minimum atomic E-state index is -0.284. The van der Waals surface area contributed by atoms with Crippen molar-refractivity contribution in [3.8, 4) is 0 Å². The molecule has 6 rings (SSSR count). The molecule has 1 aromatic heterocycles. The van der Waals surface area contributed by atoms with E-state index in [4.69, 9.17) is 0 Å². The molecule has 1 heterocycles. The normalized spacial score (nSPS) is 30.8. The summed E-state index contributed by atoms with van der Waals surface area (Å²) >= 11 is 3.45. The van der Waals surface area contributed by atoms with Gasteiger partial charge in [0, 0.05) is 15.6 Å². The van der Waals surface area contributed by atoms with Gasteiger partial charge in [0.25, 0.3) is 5.91 Å². The molecule has 2 N–H and O–H groups in total. The first kappa shape index (κ1) is 18.8. The average Bonchev–Trinajstić information content (AvgIpc) is 3.19. The lowest BCUT2D eigenvalue weighted by Gasteiger charge is -2.56. The average molecular weight is 453 g/mol. The second-order valence-electron chi connectivity index (χ2n) is 9.00. The van der Waals surface area contributed by atoms with Gasteiger partial charge in [0.05, 0.1) is 6.21 Å². The van der Waals surface area contributed by atoms with Crippen LogP contribution in [0.5, 0.6) is 0 Å². The Hall–Kier alpha value is -2.21. The van der Waals surface area contributed by atoms with E-state index in [1.807, 2.05) is 42.5 Å². The van der Waals surface area contributed by atoms with Gasteiger partial charge in [0.1, 0.15) is 0 Å². The molecule has 0 saturated heterocycles. The van der Waals surface area contributed by atoms with Gasteiger partial charge in [-0.1, -0.05) is 30.3 Å². The molecule has 4 fully saturated rings. The molecule has 4 bridgehead atoms. The van der Waals surface area contributed by atoms with Crippen molar-refractivity contribution in [3.05, 3.63) is 57.8 Å². The Kier molecular flexibility index (Phi) is 4.90. The van der Waals surface area contributed by atoms with E-state index >= 15 is 0 Å². The van der Waals surface area contributed by atoms with Crippen LogP contribution in [-0.2, 0) is 5.41 Å². The number of hydrogen-bond acceptors (Lipinski definition) is 3. The summed E-state index contributed by atoms with van der Waals surface area (Å²) in [4.78, 5) is 12.5. The molecule has 5 nitrogen and oxygen atoms in total. The summed E-state index contributed by atoms with van der Waals surface area (Å²) in [6.07, 6.45) is 11.5. The number of carbonyl (C=O) groups is 1. The number of H-pyrrole nitrogens is 1. The van der Waals surface area contributed by atoms with Crippen molar-refractivity contribution in [2.24, 2.45) is 22.9 Å². The molecule has 150 valence electrons. The number of rotatable bonds is 5. The first-order valence-corrected chi connectivity index (χ1v) is 11.2. The molecular formula is C23H25BrN4O. The number of carbonyl (C=O) groups excluding carboxylic acids is 1. The summed E-state index contributed by atoms with van der Waals surface area (Å²) in [5, 5.41) is 11.5. The van der Waals surface area contributed by atoms with Crippen LogP contribution >= 0.6 is 15.9 Å². The Morgan fingerprint density at radius 3 is 2.45 bits per heavy atom. The molecular weight excluding hydrogens is 428 g/mol. The predicted molar refractivity (Wildman–Crippen MR) is 118 cm³/mol. The number of benzene rings is 1. The van der Waals surface area contributed by atoms with Crippen molar-refractivity contribution in [1.82, 2.24) is 15.6 Å². The smallest absolute Gasteiger partial charge is 0.281 e. The molecule has 4 saturated carbocycles. The molecule has 0 radical (unpaired) electrons. The highest BCUT2D eigenvalue weighted by molar-refractivity contribution is 9.12. The molecule has 2 aromatic rings. The van der Waals surface area contributed by atoms with Crippen LogP contribution in [0.3, 0.4) is 0 Å². The molecule has 29 heavy (non-hydrogen) atoms. The van der Waals surface area contributed by atoms with Crippen LogP contribution in [-0.4, -0.2) is 22.3 Å². The highest BCUT2D eigenvalue weighted by Crippen LogP contribution is 2.60. The van der Waals surface area contributed by atoms with Crippen LogP contribution < -0.4 is 5.43 Å². The van der Waals surface area contributed by atoms with E-state index in [0.29, 0.717) is 5.69 Å². The van der Waals surface area contributed by atoms with Crippen LogP contribution in [0.1, 0.15) is 60.3 Å². The maximum Gasteiger partial charge on any atom is 0.291 e. The standard InChI is InChI=1S/C23H25BrN4O/c24-19(9-15-4-2-1-3-5-15)14-25-28-22(29)20-10-21(27-26-20)23-11-16-6-17(12-23)8-18(7-16)13-23/h1-5,9-10,14,16-18H,6-8,11-13H2,(H,26,27)(H,28,29)/b19-9-,25-14-. The topological polar surface area (TPSA) is 70.1 Å². The van der Waals surface area contributed by atoms with Crippen molar-refractivity contribution in [1.29, 1.82) is 0 Å². The predicted octanol–water partition coefficient (Wildman–Crippen LogP) is 5.03. The molecule has 4 aliphatic rings. The molecule has 0 unspecified atom stereocenters. The Morgan fingerprint density at radius 1 is 1.14 bits per heavy atom. The van der Waals surface area contributed by atoms with E-state index in [0.717, 1.165) is 33.5 Å². The van der Waals surface area contributed by atoms with Gasteiger partial charge in [-0.05, 0) is 89.9 Å². The number of aromatic nitrogens is 2. The Balaban J connectivity index is 1.24. The molecule has 0 aliphatic heterocycles. The first-order chi connectivity index (χ1) is 14.1. The van der Waals surface area contributed by atoms with Crippen LogP contribution in [0.2, 0.25) is 0 Å². The molecule has 6 heteroatoms. The Bertz CT molecular complexity index is 927. The summed E-state index contributed by atoms with van der Waals surface area (Å²) in [7, 11) is 0. The van der Waals surface area contributed by atoms with Crippen LogP contribution in [0.15, 0.2) is 46.0 Å². The third-order valence-corrected chi connectivity index (χ3v) is 7.31. The van der Waals surface area contributed by atoms with Gasteiger partial charge in [0.15, 0.2) is 5.69 Å². The van der Waals surface area contributed by atoms with E-state index in [1.54, 1.807) is 6.21 Å². The van der Waals surface area contributed by atoms with Gasteiger partial charge in [-0.3, -0.25) is 9.89 Å². The van der Waals surface area contributed by atoms with Gasteiger partial charge in [-0.15, -0.1) is 0 Å². The highest BCUT2D eigenvalue weighted by atomic mass is 79.9. The fourth-order valence-corrected chi connectivity index (χ4v) is 6.47. The summed E-state index contributed by atoms with van der Waals surface area (Å²) in [6.45, 7) is 0. The van der Waals surface area contributed by atoms with Crippen LogP contribution in [0, 0.1) is 17.8 Å². The fraction of sp³-hybridized carbons (Fsp3) is 0.435. The summed E-state index contributed by atoms with van der Waals surface area (Å²) in [6, 6.07) is 11.9. The number of amides is 1. The van der Waals surface area contributed by atoms with Crippen LogP contribution in [0.25, 0.3) is 6.08 Å². The second-order valence-corrected chi connectivity index (χ2v) is 9.92. The molecule has 0 spiro atoms. The largest absolute Gasteiger partial charge is 0.291 e. The zero-order chi connectivity index (χ0) is 19.8. The van der Waals surface area contributed by atoms with Gasteiger partial charge < -0.3 is 0 Å². The zero-order valence-electron chi connectivity index (χ0n) is 16.3. The molecule has 1 amide bonds. The van der Waals surface area contributed by atoms with E-state index < -0.39 is 0 Å². The first-order valence-electron chi connectivity index (χ1n) is 10.4. The summed E-state index contributed by atoms with van der Waals surface area (Å²) in [5.74, 6) is 2.30. The van der Waals surface area contributed by atoms with Gasteiger partial charge in [0.2, 0.25) is 0 Å². The zero-order valence-corrected chi connectivity index (χ0v) is 17.9. The van der Waals surface area contributed by atoms with Crippen molar-refractivity contribution in [3.63, 3.8) is 0 Å². The Morgan fingerprint density at radius 2 is 1.79 bits per heavy atom. The number of nitrogens with zero attached hydrogens (tertiary/aromatic N) is 2. The lowest BCUT2D eigenvalue weighted by Crippen LogP contribution is -2.48. The number of halogens is 1. The summed E-state index contributed by atoms with van der Waals surface area (Å²) < 4.78 is 0.778. The Labute approximate surface area is 179 Å². The quantitative estimate of drug-likeness (QED) is 0.493. The highest BCUT2D eigenvalue weighted by Gasteiger charge is 2.52. The fourth-order valence-electron chi connectivity index (χ4n) is 6.11. The number of nitrogens with one attached hydrogen (secondary N) is 2.